The zero-order chi connectivity index (χ0) is 10.3. The molecular weight excluding hydrogens is 192 g/mol. The minimum atomic E-state index is 0.587. The molecule has 0 aromatic carbocycles. The summed E-state index contributed by atoms with van der Waals surface area (Å²) in [4.78, 5) is 0. The summed E-state index contributed by atoms with van der Waals surface area (Å²) in [6.45, 7) is 2.65. The van der Waals surface area contributed by atoms with Crippen molar-refractivity contribution in [1.82, 2.24) is 15.0 Å². The Morgan fingerprint density at radius 3 is 2.93 bits per heavy atom. The molecule has 15 heavy (non-hydrogen) atoms. The Hall–Kier alpha value is -1.10. The van der Waals surface area contributed by atoms with E-state index in [1.54, 1.807) is 0 Å². The number of hydrogen-bond donors (Lipinski definition) is 1. The molecule has 2 heterocycles. The van der Waals surface area contributed by atoms with Crippen molar-refractivity contribution in [1.29, 1.82) is 0 Å². The van der Waals surface area contributed by atoms with Crippen molar-refractivity contribution < 1.29 is 4.74 Å². The fourth-order valence-electron chi connectivity index (χ4n) is 2.22. The molecule has 1 unspecified atom stereocenters. The topological polar surface area (TPSA) is 66.0 Å². The van der Waals surface area contributed by atoms with Gasteiger partial charge >= 0.3 is 0 Å². The number of anilines is 1. The molecule has 1 aliphatic carbocycles. The van der Waals surface area contributed by atoms with Gasteiger partial charge in [0.1, 0.15) is 0 Å². The van der Waals surface area contributed by atoms with Crippen molar-refractivity contribution in [3.8, 4) is 0 Å². The number of rotatable bonds is 3. The second-order valence-electron chi connectivity index (χ2n) is 4.55. The van der Waals surface area contributed by atoms with Crippen LogP contribution in [0.3, 0.4) is 0 Å². The molecule has 1 aromatic rings. The number of ether oxygens (including phenoxy) is 1. The molecule has 0 spiro atoms. The van der Waals surface area contributed by atoms with E-state index in [1.807, 2.05) is 4.68 Å². The average Bonchev–Trinajstić information content (AvgIpc) is 2.80. The molecule has 1 saturated carbocycles. The zero-order valence-electron chi connectivity index (χ0n) is 8.72. The van der Waals surface area contributed by atoms with Gasteiger partial charge in [0.15, 0.2) is 5.82 Å². The Kier molecular flexibility index (Phi) is 2.12. The van der Waals surface area contributed by atoms with E-state index in [4.69, 9.17) is 10.5 Å². The van der Waals surface area contributed by atoms with Crippen LogP contribution in [0.1, 0.15) is 30.9 Å². The summed E-state index contributed by atoms with van der Waals surface area (Å²) < 4.78 is 7.35. The molecule has 0 bridgehead atoms. The van der Waals surface area contributed by atoms with Gasteiger partial charge in [-0.2, -0.15) is 0 Å². The lowest BCUT2D eigenvalue weighted by molar-refractivity contribution is 0.181. The summed E-state index contributed by atoms with van der Waals surface area (Å²) in [7, 11) is 0. The first-order valence-corrected chi connectivity index (χ1v) is 5.61. The Bertz CT molecular complexity index is 352. The molecule has 82 valence electrons. The molecule has 3 rings (SSSR count). The smallest absolute Gasteiger partial charge is 0.169 e. The van der Waals surface area contributed by atoms with Crippen LogP contribution >= 0.6 is 0 Å². The minimum Gasteiger partial charge on any atom is -0.381 e. The third-order valence-corrected chi connectivity index (χ3v) is 3.22. The van der Waals surface area contributed by atoms with Crippen LogP contribution in [0.2, 0.25) is 0 Å². The van der Waals surface area contributed by atoms with E-state index in [9.17, 15) is 0 Å². The largest absolute Gasteiger partial charge is 0.381 e. The maximum Gasteiger partial charge on any atom is 0.169 e. The predicted octanol–water partition coefficient (Wildman–Crippen LogP) is 0.774. The molecule has 5 heteroatoms. The maximum absolute atomic E-state index is 5.83. The molecule has 1 saturated heterocycles. The number of nitrogens with two attached hydrogens (primary N) is 1. The van der Waals surface area contributed by atoms with Gasteiger partial charge in [-0.15, -0.1) is 5.10 Å². The highest BCUT2D eigenvalue weighted by molar-refractivity contribution is 5.38. The molecule has 1 aliphatic heterocycles. The first-order valence-electron chi connectivity index (χ1n) is 5.61. The van der Waals surface area contributed by atoms with Crippen molar-refractivity contribution in [3.63, 3.8) is 0 Å². The zero-order valence-corrected chi connectivity index (χ0v) is 8.72. The monoisotopic (exact) mass is 208 g/mol. The Balaban J connectivity index is 1.78. The van der Waals surface area contributed by atoms with Gasteiger partial charge in [-0.25, -0.2) is 4.68 Å². The van der Waals surface area contributed by atoms with Crippen LogP contribution in [-0.2, 0) is 11.3 Å². The molecule has 2 fully saturated rings. The van der Waals surface area contributed by atoms with Gasteiger partial charge in [-0.1, -0.05) is 5.21 Å². The Morgan fingerprint density at radius 1 is 1.40 bits per heavy atom. The fraction of sp³-hybridized carbons (Fsp3) is 0.800. The van der Waals surface area contributed by atoms with Gasteiger partial charge in [-0.3, -0.25) is 0 Å². The standard InChI is InChI=1S/C10H16N4O/c11-10-9(8-1-2-8)14(13-12-10)5-7-3-4-15-6-7/h7-8H,1-6,11H2. The molecule has 2 aliphatic rings. The van der Waals surface area contributed by atoms with Crippen molar-refractivity contribution in [2.75, 3.05) is 18.9 Å². The third-order valence-electron chi connectivity index (χ3n) is 3.22. The summed E-state index contributed by atoms with van der Waals surface area (Å²) in [5.41, 5.74) is 6.99. The molecular formula is C10H16N4O. The van der Waals surface area contributed by atoms with Crippen LogP contribution in [0.15, 0.2) is 0 Å². The van der Waals surface area contributed by atoms with Gasteiger partial charge in [0.05, 0.1) is 12.3 Å². The van der Waals surface area contributed by atoms with Crippen LogP contribution in [-0.4, -0.2) is 28.2 Å². The maximum atomic E-state index is 5.83. The van der Waals surface area contributed by atoms with Crippen LogP contribution in [0.5, 0.6) is 0 Å². The number of nitrogen functional groups attached to an aromatic ring is 1. The highest BCUT2D eigenvalue weighted by atomic mass is 16.5. The van der Waals surface area contributed by atoms with Crippen molar-refractivity contribution in [2.24, 2.45) is 5.92 Å². The van der Waals surface area contributed by atoms with Crippen LogP contribution in [0.4, 0.5) is 5.82 Å². The van der Waals surface area contributed by atoms with Gasteiger partial charge in [-0.05, 0) is 19.3 Å². The van der Waals surface area contributed by atoms with E-state index in [-0.39, 0.29) is 0 Å². The van der Waals surface area contributed by atoms with E-state index < -0.39 is 0 Å². The van der Waals surface area contributed by atoms with Gasteiger partial charge in [0, 0.05) is 25.0 Å². The number of nitrogens with zero attached hydrogens (tertiary/aromatic N) is 3. The van der Waals surface area contributed by atoms with E-state index in [0.29, 0.717) is 17.7 Å². The van der Waals surface area contributed by atoms with E-state index in [0.717, 1.165) is 31.9 Å². The quantitative estimate of drug-likeness (QED) is 0.797. The Labute approximate surface area is 88.6 Å². The van der Waals surface area contributed by atoms with Crippen molar-refractivity contribution in [2.45, 2.75) is 31.7 Å². The van der Waals surface area contributed by atoms with Crippen LogP contribution < -0.4 is 5.73 Å². The van der Waals surface area contributed by atoms with Crippen LogP contribution in [0, 0.1) is 5.92 Å². The van der Waals surface area contributed by atoms with Gasteiger partial charge in [0.2, 0.25) is 0 Å². The minimum absolute atomic E-state index is 0.587. The van der Waals surface area contributed by atoms with Gasteiger partial charge < -0.3 is 10.5 Å². The summed E-state index contributed by atoms with van der Waals surface area (Å²) in [5, 5.41) is 8.10. The lowest BCUT2D eigenvalue weighted by Crippen LogP contribution is -2.14. The predicted molar refractivity (Wildman–Crippen MR) is 55.3 cm³/mol. The summed E-state index contributed by atoms with van der Waals surface area (Å²) in [5.74, 6) is 1.82. The highest BCUT2D eigenvalue weighted by Crippen LogP contribution is 2.42. The summed E-state index contributed by atoms with van der Waals surface area (Å²) in [6.07, 6.45) is 3.60. The second kappa shape index (κ2) is 3.48. The average molecular weight is 208 g/mol. The Morgan fingerprint density at radius 2 is 2.27 bits per heavy atom. The number of aromatic nitrogens is 3. The molecule has 1 aromatic heterocycles. The van der Waals surface area contributed by atoms with E-state index >= 15 is 0 Å². The fourth-order valence-corrected chi connectivity index (χ4v) is 2.22. The van der Waals surface area contributed by atoms with Crippen molar-refractivity contribution >= 4 is 5.82 Å². The SMILES string of the molecule is Nc1nnn(CC2CCOC2)c1C1CC1. The number of hydrogen-bond acceptors (Lipinski definition) is 4. The lowest BCUT2D eigenvalue weighted by atomic mass is 10.1. The first-order chi connectivity index (χ1) is 7.34. The first kappa shape index (κ1) is 9.15. The molecule has 0 amide bonds. The second-order valence-corrected chi connectivity index (χ2v) is 4.55. The third kappa shape index (κ3) is 1.71. The molecule has 0 radical (unpaired) electrons. The van der Waals surface area contributed by atoms with Crippen molar-refractivity contribution in [3.05, 3.63) is 5.69 Å². The highest BCUT2D eigenvalue weighted by Gasteiger charge is 2.31. The summed E-state index contributed by atoms with van der Waals surface area (Å²) in [6, 6.07) is 0. The molecule has 1 atom stereocenters. The van der Waals surface area contributed by atoms with E-state index in [2.05, 4.69) is 10.3 Å². The summed E-state index contributed by atoms with van der Waals surface area (Å²) >= 11 is 0. The normalized spacial score (nSPS) is 26.0. The van der Waals surface area contributed by atoms with Gasteiger partial charge in [0.25, 0.3) is 0 Å². The van der Waals surface area contributed by atoms with Crippen LogP contribution in [0.25, 0.3) is 0 Å². The van der Waals surface area contributed by atoms with E-state index in [1.165, 1.54) is 12.8 Å². The molecule has 2 N–H and O–H groups in total. The lowest BCUT2D eigenvalue weighted by Gasteiger charge is -2.09. The molecule has 5 nitrogen and oxygen atoms in total.